The first-order valence-electron chi connectivity index (χ1n) is 5.97. The van der Waals surface area contributed by atoms with Crippen LogP contribution in [-0.4, -0.2) is 20.6 Å². The Balaban J connectivity index is 2.21. The average Bonchev–Trinajstić information content (AvgIpc) is 2.41. The van der Waals surface area contributed by atoms with Crippen LogP contribution in [0.15, 0.2) is 41.5 Å². The fourth-order valence-corrected chi connectivity index (χ4v) is 1.72. The van der Waals surface area contributed by atoms with Gasteiger partial charge in [0.2, 0.25) is 0 Å². The van der Waals surface area contributed by atoms with Crippen LogP contribution in [0.25, 0.3) is 0 Å². The molecule has 1 aromatic heterocycles. The zero-order chi connectivity index (χ0) is 13.8. The lowest BCUT2D eigenvalue weighted by Gasteiger charge is -2.06. The van der Waals surface area contributed by atoms with E-state index in [9.17, 15) is 9.59 Å². The standard InChI is InChI=1S/C14H14N2O3/c1-2-12-7-13(17)16(9-15-12)8-10-3-5-11(6-4-10)14(18)19/h3-7,9H,2,8H2,1H3,(H,18,19). The number of hydrogen-bond donors (Lipinski definition) is 1. The van der Waals surface area contributed by atoms with Crippen LogP contribution in [-0.2, 0) is 13.0 Å². The van der Waals surface area contributed by atoms with Crippen molar-refractivity contribution in [3.63, 3.8) is 0 Å². The molecule has 0 radical (unpaired) electrons. The minimum Gasteiger partial charge on any atom is -0.478 e. The Morgan fingerprint density at radius 2 is 2.00 bits per heavy atom. The van der Waals surface area contributed by atoms with Gasteiger partial charge in [-0.25, -0.2) is 9.78 Å². The maximum absolute atomic E-state index is 11.8. The predicted octanol–water partition coefficient (Wildman–Crippen LogP) is 1.55. The first-order chi connectivity index (χ1) is 9.10. The van der Waals surface area contributed by atoms with Crippen LogP contribution in [0.3, 0.4) is 0 Å². The number of carboxylic acid groups (broad SMARTS) is 1. The van der Waals surface area contributed by atoms with Gasteiger partial charge in [-0.15, -0.1) is 0 Å². The molecule has 0 saturated heterocycles. The third-order valence-corrected chi connectivity index (χ3v) is 2.85. The van der Waals surface area contributed by atoms with Crippen molar-refractivity contribution in [2.45, 2.75) is 19.9 Å². The van der Waals surface area contributed by atoms with Gasteiger partial charge in [-0.1, -0.05) is 19.1 Å². The number of hydrogen-bond acceptors (Lipinski definition) is 3. The van der Waals surface area contributed by atoms with E-state index in [1.165, 1.54) is 29.1 Å². The molecule has 0 aliphatic carbocycles. The summed E-state index contributed by atoms with van der Waals surface area (Å²) in [7, 11) is 0. The molecule has 0 unspecified atom stereocenters. The third kappa shape index (κ3) is 3.07. The maximum Gasteiger partial charge on any atom is 0.335 e. The molecule has 5 heteroatoms. The molecule has 5 nitrogen and oxygen atoms in total. The molecule has 0 bridgehead atoms. The highest BCUT2D eigenvalue weighted by atomic mass is 16.4. The van der Waals surface area contributed by atoms with Crippen LogP contribution in [0.2, 0.25) is 0 Å². The zero-order valence-corrected chi connectivity index (χ0v) is 10.5. The van der Waals surface area contributed by atoms with E-state index in [-0.39, 0.29) is 11.1 Å². The molecule has 1 aromatic carbocycles. The summed E-state index contributed by atoms with van der Waals surface area (Å²) in [5.41, 5.74) is 1.75. The fourth-order valence-electron chi connectivity index (χ4n) is 1.72. The minimum atomic E-state index is -0.960. The van der Waals surface area contributed by atoms with E-state index in [0.717, 1.165) is 17.7 Å². The second-order valence-corrected chi connectivity index (χ2v) is 4.20. The van der Waals surface area contributed by atoms with E-state index in [0.29, 0.717) is 6.54 Å². The first kappa shape index (κ1) is 13.0. The number of aryl methyl sites for hydroxylation is 1. The van der Waals surface area contributed by atoms with Crippen LogP contribution < -0.4 is 5.56 Å². The van der Waals surface area contributed by atoms with Crippen molar-refractivity contribution in [1.29, 1.82) is 0 Å². The van der Waals surface area contributed by atoms with Crippen molar-refractivity contribution in [2.75, 3.05) is 0 Å². The smallest absolute Gasteiger partial charge is 0.335 e. The molecule has 0 aliphatic rings. The van der Waals surface area contributed by atoms with E-state index in [2.05, 4.69) is 4.98 Å². The number of carbonyl (C=O) groups is 1. The Hall–Kier alpha value is -2.43. The highest BCUT2D eigenvalue weighted by Gasteiger charge is 2.03. The second-order valence-electron chi connectivity index (χ2n) is 4.20. The molecule has 2 aromatic rings. The van der Waals surface area contributed by atoms with Crippen molar-refractivity contribution in [1.82, 2.24) is 9.55 Å². The van der Waals surface area contributed by atoms with Gasteiger partial charge < -0.3 is 5.11 Å². The van der Waals surface area contributed by atoms with Crippen LogP contribution in [0.4, 0.5) is 0 Å². The fraction of sp³-hybridized carbons (Fsp3) is 0.214. The average molecular weight is 258 g/mol. The monoisotopic (exact) mass is 258 g/mol. The van der Waals surface area contributed by atoms with Gasteiger partial charge in [-0.3, -0.25) is 9.36 Å². The Labute approximate surface area is 110 Å². The van der Waals surface area contributed by atoms with Gasteiger partial charge in [0.05, 0.1) is 18.4 Å². The molecular formula is C14H14N2O3. The van der Waals surface area contributed by atoms with Gasteiger partial charge in [0, 0.05) is 11.8 Å². The maximum atomic E-state index is 11.8. The summed E-state index contributed by atoms with van der Waals surface area (Å²) in [4.78, 5) is 26.7. The highest BCUT2D eigenvalue weighted by Crippen LogP contribution is 2.05. The van der Waals surface area contributed by atoms with Crippen LogP contribution in [0, 0.1) is 0 Å². The molecule has 1 N–H and O–H groups in total. The second kappa shape index (κ2) is 5.48. The van der Waals surface area contributed by atoms with E-state index in [1.54, 1.807) is 12.1 Å². The summed E-state index contributed by atoms with van der Waals surface area (Å²) in [5, 5.41) is 8.80. The van der Waals surface area contributed by atoms with E-state index in [1.807, 2.05) is 6.92 Å². The Bertz CT molecular complexity index is 644. The van der Waals surface area contributed by atoms with Crippen LogP contribution in [0.1, 0.15) is 28.5 Å². The molecule has 0 saturated carbocycles. The number of rotatable bonds is 4. The molecule has 0 aliphatic heterocycles. The highest BCUT2D eigenvalue weighted by molar-refractivity contribution is 5.87. The number of aromatic carboxylic acids is 1. The topological polar surface area (TPSA) is 72.2 Å². The summed E-state index contributed by atoms with van der Waals surface area (Å²) >= 11 is 0. The number of nitrogens with zero attached hydrogens (tertiary/aromatic N) is 2. The van der Waals surface area contributed by atoms with Crippen molar-refractivity contribution < 1.29 is 9.90 Å². The largest absolute Gasteiger partial charge is 0.478 e. The minimum absolute atomic E-state index is 0.103. The Morgan fingerprint density at radius 3 is 2.53 bits per heavy atom. The van der Waals surface area contributed by atoms with Crippen molar-refractivity contribution in [3.8, 4) is 0 Å². The van der Waals surface area contributed by atoms with Gasteiger partial charge in [0.25, 0.3) is 5.56 Å². The van der Waals surface area contributed by atoms with Crippen LogP contribution >= 0.6 is 0 Å². The molecule has 98 valence electrons. The molecule has 0 spiro atoms. The molecule has 1 heterocycles. The van der Waals surface area contributed by atoms with Crippen molar-refractivity contribution >= 4 is 5.97 Å². The Kier molecular flexibility index (Phi) is 3.75. The van der Waals surface area contributed by atoms with Gasteiger partial charge >= 0.3 is 5.97 Å². The predicted molar refractivity (Wildman–Crippen MR) is 70.4 cm³/mol. The normalized spacial score (nSPS) is 10.4. The zero-order valence-electron chi connectivity index (χ0n) is 10.5. The van der Waals surface area contributed by atoms with Gasteiger partial charge in [-0.2, -0.15) is 0 Å². The quantitative estimate of drug-likeness (QED) is 0.903. The van der Waals surface area contributed by atoms with Gasteiger partial charge in [0.15, 0.2) is 0 Å². The summed E-state index contributed by atoms with van der Waals surface area (Å²) in [6.07, 6.45) is 2.25. The van der Waals surface area contributed by atoms with E-state index >= 15 is 0 Å². The molecule has 2 rings (SSSR count). The summed E-state index contributed by atoms with van der Waals surface area (Å²) in [6, 6.07) is 7.96. The lowest BCUT2D eigenvalue weighted by molar-refractivity contribution is 0.0697. The lowest BCUT2D eigenvalue weighted by atomic mass is 10.1. The Morgan fingerprint density at radius 1 is 1.32 bits per heavy atom. The molecule has 19 heavy (non-hydrogen) atoms. The first-order valence-corrected chi connectivity index (χ1v) is 5.97. The number of aromatic nitrogens is 2. The molecule has 0 atom stereocenters. The summed E-state index contributed by atoms with van der Waals surface area (Å²) < 4.78 is 1.49. The van der Waals surface area contributed by atoms with Crippen LogP contribution in [0.5, 0.6) is 0 Å². The SMILES string of the molecule is CCc1cc(=O)n(Cc2ccc(C(=O)O)cc2)cn1. The number of carboxylic acids is 1. The van der Waals surface area contributed by atoms with E-state index in [4.69, 9.17) is 5.11 Å². The van der Waals surface area contributed by atoms with Gasteiger partial charge in [-0.05, 0) is 24.1 Å². The molecular weight excluding hydrogens is 244 g/mol. The number of benzene rings is 1. The molecule has 0 fully saturated rings. The van der Waals surface area contributed by atoms with Crippen molar-refractivity contribution in [3.05, 3.63) is 63.8 Å². The molecule has 0 amide bonds. The van der Waals surface area contributed by atoms with Crippen molar-refractivity contribution in [2.24, 2.45) is 0 Å². The summed E-state index contributed by atoms with van der Waals surface area (Å²) in [5.74, 6) is -0.960. The van der Waals surface area contributed by atoms with Gasteiger partial charge in [0.1, 0.15) is 0 Å². The lowest BCUT2D eigenvalue weighted by Crippen LogP contribution is -2.21. The summed E-state index contributed by atoms with van der Waals surface area (Å²) in [6.45, 7) is 2.33. The third-order valence-electron chi connectivity index (χ3n) is 2.85. The van der Waals surface area contributed by atoms with E-state index < -0.39 is 5.97 Å².